The lowest BCUT2D eigenvalue weighted by Crippen LogP contribution is -2.33. The number of ether oxygens (including phenoxy) is 1. The quantitative estimate of drug-likeness (QED) is 0.696. The van der Waals surface area contributed by atoms with Crippen LogP contribution in [0.3, 0.4) is 0 Å². The van der Waals surface area contributed by atoms with Crippen LogP contribution in [0.1, 0.15) is 32.1 Å². The Hall–Kier alpha value is -0.610. The molecule has 2 saturated heterocycles. The molecule has 0 aromatic carbocycles. The Morgan fingerprint density at radius 2 is 2.25 bits per heavy atom. The lowest BCUT2D eigenvalue weighted by Gasteiger charge is -2.22. The predicted octanol–water partition coefficient (Wildman–Crippen LogP) is 1.35. The first-order valence-corrected chi connectivity index (χ1v) is 6.21. The number of fused-ring (bicyclic) bond motifs is 2. The zero-order chi connectivity index (χ0) is 11.5. The van der Waals surface area contributed by atoms with E-state index < -0.39 is 5.97 Å². The van der Waals surface area contributed by atoms with E-state index in [0.717, 1.165) is 38.8 Å². The summed E-state index contributed by atoms with van der Waals surface area (Å²) < 4.78 is 5.02. The van der Waals surface area contributed by atoms with E-state index in [1.165, 1.54) is 6.42 Å². The van der Waals surface area contributed by atoms with Gasteiger partial charge in [0.15, 0.2) is 0 Å². The Bertz CT molecular complexity index is 257. The fraction of sp³-hybridized carbons (Fsp3) is 0.917. The average Bonchev–Trinajstić information content (AvgIpc) is 2.81. The van der Waals surface area contributed by atoms with Gasteiger partial charge in [-0.05, 0) is 38.6 Å². The maximum atomic E-state index is 11.1. The van der Waals surface area contributed by atoms with E-state index >= 15 is 0 Å². The van der Waals surface area contributed by atoms with Crippen LogP contribution in [-0.4, -0.2) is 48.3 Å². The molecule has 2 fully saturated rings. The number of unbranched alkanes of at least 4 members (excludes halogenated alkanes) is 1. The zero-order valence-electron chi connectivity index (χ0n) is 9.89. The van der Waals surface area contributed by atoms with E-state index in [4.69, 9.17) is 9.84 Å². The Morgan fingerprint density at radius 1 is 1.44 bits per heavy atom. The fourth-order valence-electron chi connectivity index (χ4n) is 3.26. The smallest absolute Gasteiger partial charge is 0.308 e. The number of carboxylic acid groups (broad SMARTS) is 1. The molecule has 2 rings (SSSR count). The SMILES string of the molecule is COCCCCN1C2CCC1C(C(=O)O)C2. The minimum absolute atomic E-state index is 0.110. The maximum absolute atomic E-state index is 11.1. The van der Waals surface area contributed by atoms with E-state index in [-0.39, 0.29) is 5.92 Å². The molecule has 4 heteroatoms. The fourth-order valence-corrected chi connectivity index (χ4v) is 3.26. The second-order valence-corrected chi connectivity index (χ2v) is 4.92. The van der Waals surface area contributed by atoms with Gasteiger partial charge in [0.25, 0.3) is 0 Å². The van der Waals surface area contributed by atoms with Gasteiger partial charge in [0, 0.05) is 25.8 Å². The predicted molar refractivity (Wildman–Crippen MR) is 60.4 cm³/mol. The van der Waals surface area contributed by atoms with Crippen LogP contribution >= 0.6 is 0 Å². The van der Waals surface area contributed by atoms with Crippen molar-refractivity contribution in [2.75, 3.05) is 20.3 Å². The van der Waals surface area contributed by atoms with Crippen molar-refractivity contribution in [2.24, 2.45) is 5.92 Å². The standard InChI is InChI=1S/C12H21NO3/c1-16-7-3-2-6-13-9-4-5-11(13)10(8-9)12(14)15/h9-11H,2-8H2,1H3,(H,14,15). The van der Waals surface area contributed by atoms with Crippen molar-refractivity contribution in [3.8, 4) is 0 Å². The lowest BCUT2D eigenvalue weighted by molar-refractivity contribution is -0.142. The van der Waals surface area contributed by atoms with Crippen LogP contribution in [0.5, 0.6) is 0 Å². The number of nitrogens with zero attached hydrogens (tertiary/aromatic N) is 1. The van der Waals surface area contributed by atoms with Gasteiger partial charge in [-0.2, -0.15) is 0 Å². The number of hydrogen-bond acceptors (Lipinski definition) is 3. The summed E-state index contributed by atoms with van der Waals surface area (Å²) in [4.78, 5) is 13.5. The van der Waals surface area contributed by atoms with Crippen LogP contribution in [0.2, 0.25) is 0 Å². The molecule has 3 atom stereocenters. The van der Waals surface area contributed by atoms with Gasteiger partial charge in [-0.3, -0.25) is 9.69 Å². The highest BCUT2D eigenvalue weighted by Gasteiger charge is 2.48. The van der Waals surface area contributed by atoms with E-state index in [0.29, 0.717) is 12.1 Å². The number of carbonyl (C=O) groups is 1. The Balaban J connectivity index is 1.80. The van der Waals surface area contributed by atoms with Gasteiger partial charge in [-0.15, -0.1) is 0 Å². The van der Waals surface area contributed by atoms with Crippen molar-refractivity contribution in [3.05, 3.63) is 0 Å². The number of rotatable bonds is 6. The molecule has 92 valence electrons. The molecular weight excluding hydrogens is 206 g/mol. The van der Waals surface area contributed by atoms with Crippen LogP contribution in [0, 0.1) is 5.92 Å². The monoisotopic (exact) mass is 227 g/mol. The van der Waals surface area contributed by atoms with E-state index in [2.05, 4.69) is 4.90 Å². The van der Waals surface area contributed by atoms with Crippen LogP contribution in [-0.2, 0) is 9.53 Å². The third-order valence-corrected chi connectivity index (χ3v) is 4.01. The summed E-state index contributed by atoms with van der Waals surface area (Å²) in [6, 6.07) is 0.846. The van der Waals surface area contributed by atoms with Gasteiger partial charge in [0.1, 0.15) is 0 Å². The maximum Gasteiger partial charge on any atom is 0.308 e. The summed E-state index contributed by atoms with van der Waals surface area (Å²) in [6.07, 6.45) is 5.33. The van der Waals surface area contributed by atoms with Crippen molar-refractivity contribution in [1.82, 2.24) is 4.90 Å². The topological polar surface area (TPSA) is 49.8 Å². The molecule has 1 N–H and O–H groups in total. The van der Waals surface area contributed by atoms with Crippen LogP contribution < -0.4 is 0 Å². The number of carboxylic acids is 1. The highest BCUT2D eigenvalue weighted by atomic mass is 16.5. The van der Waals surface area contributed by atoms with E-state index in [1.54, 1.807) is 7.11 Å². The first-order valence-electron chi connectivity index (χ1n) is 6.21. The summed E-state index contributed by atoms with van der Waals surface area (Å²) >= 11 is 0. The largest absolute Gasteiger partial charge is 0.481 e. The molecule has 2 bridgehead atoms. The van der Waals surface area contributed by atoms with Gasteiger partial charge in [-0.25, -0.2) is 0 Å². The minimum Gasteiger partial charge on any atom is -0.481 e. The number of aliphatic carboxylic acids is 1. The van der Waals surface area contributed by atoms with Crippen LogP contribution in [0.4, 0.5) is 0 Å². The van der Waals surface area contributed by atoms with Crippen molar-refractivity contribution in [1.29, 1.82) is 0 Å². The molecule has 0 aromatic heterocycles. The molecule has 0 aromatic rings. The molecule has 2 heterocycles. The molecule has 0 amide bonds. The van der Waals surface area contributed by atoms with Gasteiger partial charge in [-0.1, -0.05) is 0 Å². The molecule has 0 radical (unpaired) electrons. The summed E-state index contributed by atoms with van der Waals surface area (Å²) in [5.74, 6) is -0.713. The normalized spacial score (nSPS) is 33.4. The number of methoxy groups -OCH3 is 1. The third-order valence-electron chi connectivity index (χ3n) is 4.01. The zero-order valence-corrected chi connectivity index (χ0v) is 9.89. The van der Waals surface area contributed by atoms with Gasteiger partial charge >= 0.3 is 5.97 Å². The Labute approximate surface area is 96.6 Å². The van der Waals surface area contributed by atoms with Crippen LogP contribution in [0.25, 0.3) is 0 Å². The summed E-state index contributed by atoms with van der Waals surface area (Å²) in [7, 11) is 1.72. The molecule has 16 heavy (non-hydrogen) atoms. The number of hydrogen-bond donors (Lipinski definition) is 1. The molecule has 0 saturated carbocycles. The molecule has 0 spiro atoms. The first-order chi connectivity index (χ1) is 7.74. The van der Waals surface area contributed by atoms with E-state index in [1.807, 2.05) is 0 Å². The van der Waals surface area contributed by atoms with Crippen molar-refractivity contribution in [3.63, 3.8) is 0 Å². The molecular formula is C12H21NO3. The second kappa shape index (κ2) is 5.15. The lowest BCUT2D eigenvalue weighted by atomic mass is 9.89. The van der Waals surface area contributed by atoms with Crippen molar-refractivity contribution in [2.45, 2.75) is 44.2 Å². The van der Waals surface area contributed by atoms with Gasteiger partial charge in [0.2, 0.25) is 0 Å². The molecule has 3 unspecified atom stereocenters. The molecule has 0 aliphatic carbocycles. The first kappa shape index (κ1) is 11.9. The van der Waals surface area contributed by atoms with Gasteiger partial charge in [0.05, 0.1) is 5.92 Å². The molecule has 2 aliphatic rings. The van der Waals surface area contributed by atoms with Crippen molar-refractivity contribution >= 4 is 5.97 Å². The summed E-state index contributed by atoms with van der Waals surface area (Å²) in [6.45, 7) is 1.86. The summed E-state index contributed by atoms with van der Waals surface area (Å²) in [5.41, 5.74) is 0. The highest BCUT2D eigenvalue weighted by molar-refractivity contribution is 5.71. The third kappa shape index (κ3) is 2.23. The van der Waals surface area contributed by atoms with E-state index in [9.17, 15) is 4.79 Å². The Kier molecular flexibility index (Phi) is 3.82. The van der Waals surface area contributed by atoms with Crippen LogP contribution in [0.15, 0.2) is 0 Å². The van der Waals surface area contributed by atoms with Gasteiger partial charge < -0.3 is 9.84 Å². The second-order valence-electron chi connectivity index (χ2n) is 4.92. The van der Waals surface area contributed by atoms with Crippen molar-refractivity contribution < 1.29 is 14.6 Å². The average molecular weight is 227 g/mol. The molecule has 4 nitrogen and oxygen atoms in total. The molecule has 2 aliphatic heterocycles. The Morgan fingerprint density at radius 3 is 2.88 bits per heavy atom. The minimum atomic E-state index is -0.603. The summed E-state index contributed by atoms with van der Waals surface area (Å²) in [5, 5.41) is 9.12. The highest BCUT2D eigenvalue weighted by Crippen LogP contribution is 2.41.